The van der Waals surface area contributed by atoms with Crippen LogP contribution in [0, 0.1) is 17.8 Å². The fourth-order valence-electron chi connectivity index (χ4n) is 5.38. The van der Waals surface area contributed by atoms with Crippen LogP contribution in [-0.4, -0.2) is 23.2 Å². The van der Waals surface area contributed by atoms with Crippen LogP contribution in [0.3, 0.4) is 0 Å². The van der Waals surface area contributed by atoms with Crippen molar-refractivity contribution in [2.45, 2.75) is 83.7 Å². The first kappa shape index (κ1) is 28.7. The first-order valence-corrected chi connectivity index (χ1v) is 13.4. The number of esters is 1. The molecule has 4 nitrogen and oxygen atoms in total. The van der Waals surface area contributed by atoms with Gasteiger partial charge in [0.2, 0.25) is 0 Å². The van der Waals surface area contributed by atoms with E-state index in [0.29, 0.717) is 24.5 Å². The van der Waals surface area contributed by atoms with Crippen LogP contribution >= 0.6 is 0 Å². The lowest BCUT2D eigenvalue weighted by molar-refractivity contribution is -0.190. The minimum Gasteiger partial charge on any atom is -0.481 e. The van der Waals surface area contributed by atoms with Crippen molar-refractivity contribution in [1.82, 2.24) is 0 Å². The van der Waals surface area contributed by atoms with E-state index in [4.69, 9.17) is 4.74 Å². The molecular formula is C30H37F3O4. The average molecular weight is 519 g/mol. The molecule has 0 radical (unpaired) electrons. The van der Waals surface area contributed by atoms with Gasteiger partial charge in [-0.25, -0.2) is 0 Å². The van der Waals surface area contributed by atoms with Crippen molar-refractivity contribution in [3.8, 4) is 16.9 Å². The molecule has 1 saturated carbocycles. The number of hydrogen-bond donors (Lipinski definition) is 1. The third kappa shape index (κ3) is 7.83. The van der Waals surface area contributed by atoms with Crippen LogP contribution in [0.1, 0.15) is 83.1 Å². The SMILES string of the molecule is CCCCC(C(C(=O)O)c1ccc(-c2ccc(OC(=O)C3CCC(CCC)CC3)cc2)cc1)C(F)(F)F. The number of carbonyl (C=O) groups is 2. The summed E-state index contributed by atoms with van der Waals surface area (Å²) in [5.74, 6) is -4.17. The van der Waals surface area contributed by atoms with E-state index in [1.807, 2.05) is 0 Å². The lowest BCUT2D eigenvalue weighted by atomic mass is 9.80. The molecule has 1 aliphatic carbocycles. The van der Waals surface area contributed by atoms with E-state index in [9.17, 15) is 27.9 Å². The molecule has 202 valence electrons. The minimum atomic E-state index is -4.60. The summed E-state index contributed by atoms with van der Waals surface area (Å²) in [6.45, 7) is 3.96. The second-order valence-corrected chi connectivity index (χ2v) is 10.2. The zero-order valence-corrected chi connectivity index (χ0v) is 21.6. The van der Waals surface area contributed by atoms with E-state index >= 15 is 0 Å². The molecule has 0 spiro atoms. The van der Waals surface area contributed by atoms with Crippen LogP contribution in [0.15, 0.2) is 48.5 Å². The van der Waals surface area contributed by atoms with Gasteiger partial charge in [0, 0.05) is 0 Å². The number of carboxylic acids is 1. The molecule has 0 aliphatic heterocycles. The number of aliphatic carboxylic acids is 1. The molecule has 0 heterocycles. The second-order valence-electron chi connectivity index (χ2n) is 10.2. The van der Waals surface area contributed by atoms with Gasteiger partial charge in [-0.1, -0.05) is 75.9 Å². The number of carbonyl (C=O) groups excluding carboxylic acids is 1. The smallest absolute Gasteiger partial charge is 0.392 e. The molecule has 0 aromatic heterocycles. The Morgan fingerprint density at radius 3 is 1.97 bits per heavy atom. The minimum absolute atomic E-state index is 0.0691. The van der Waals surface area contributed by atoms with E-state index in [0.717, 1.165) is 36.8 Å². The standard InChI is InChI=1S/C30H37F3O4/c1-3-5-7-26(30(31,32)33)27(28(34)35)23-14-12-21(13-15-23)22-16-18-25(19-17-22)37-29(36)24-10-8-20(6-4-2)9-11-24/h12-20,24,26-27H,3-11H2,1-2H3,(H,34,35). The number of ether oxygens (including phenoxy) is 1. The number of hydrogen-bond acceptors (Lipinski definition) is 3. The zero-order valence-electron chi connectivity index (χ0n) is 21.6. The van der Waals surface area contributed by atoms with E-state index in [1.54, 1.807) is 43.3 Å². The summed E-state index contributed by atoms with van der Waals surface area (Å²) in [6, 6.07) is 13.2. The Kier molecular flexibility index (Phi) is 10.2. The summed E-state index contributed by atoms with van der Waals surface area (Å²) in [5.41, 5.74) is 1.66. The van der Waals surface area contributed by atoms with Crippen molar-refractivity contribution in [3.63, 3.8) is 0 Å². The van der Waals surface area contributed by atoms with Crippen molar-refractivity contribution in [2.24, 2.45) is 17.8 Å². The van der Waals surface area contributed by atoms with Crippen LogP contribution in [0.2, 0.25) is 0 Å². The van der Waals surface area contributed by atoms with Crippen LogP contribution < -0.4 is 4.74 Å². The van der Waals surface area contributed by atoms with Gasteiger partial charge >= 0.3 is 18.1 Å². The summed E-state index contributed by atoms with van der Waals surface area (Å²) >= 11 is 0. The Morgan fingerprint density at radius 2 is 1.49 bits per heavy atom. The average Bonchev–Trinajstić information content (AvgIpc) is 2.87. The monoisotopic (exact) mass is 518 g/mol. The Morgan fingerprint density at radius 1 is 0.919 bits per heavy atom. The summed E-state index contributed by atoms with van der Waals surface area (Å²) in [7, 11) is 0. The molecule has 2 unspecified atom stereocenters. The molecule has 37 heavy (non-hydrogen) atoms. The van der Waals surface area contributed by atoms with Gasteiger partial charge in [-0.05, 0) is 66.8 Å². The zero-order chi connectivity index (χ0) is 27.0. The van der Waals surface area contributed by atoms with Gasteiger partial charge in [-0.2, -0.15) is 13.2 Å². The number of rotatable bonds is 11. The molecule has 1 aliphatic rings. The molecule has 0 bridgehead atoms. The van der Waals surface area contributed by atoms with E-state index in [2.05, 4.69) is 6.92 Å². The van der Waals surface area contributed by atoms with Gasteiger partial charge in [0.05, 0.1) is 17.8 Å². The van der Waals surface area contributed by atoms with Crippen LogP contribution in [0.4, 0.5) is 13.2 Å². The molecule has 3 rings (SSSR count). The summed E-state index contributed by atoms with van der Waals surface area (Å²) in [5, 5.41) is 9.64. The Bertz CT molecular complexity index is 1010. The predicted molar refractivity (Wildman–Crippen MR) is 137 cm³/mol. The number of alkyl halides is 3. The quantitative estimate of drug-likeness (QED) is 0.240. The summed E-state index contributed by atoms with van der Waals surface area (Å²) < 4.78 is 46.6. The number of carboxylic acid groups (broad SMARTS) is 1. The van der Waals surface area contributed by atoms with Crippen molar-refractivity contribution in [3.05, 3.63) is 54.1 Å². The van der Waals surface area contributed by atoms with Gasteiger partial charge in [0.1, 0.15) is 5.75 Å². The molecule has 2 aromatic carbocycles. The van der Waals surface area contributed by atoms with Crippen molar-refractivity contribution < 1.29 is 32.6 Å². The van der Waals surface area contributed by atoms with Crippen LogP contribution in [-0.2, 0) is 9.59 Å². The van der Waals surface area contributed by atoms with Crippen LogP contribution in [0.5, 0.6) is 5.75 Å². The van der Waals surface area contributed by atoms with Crippen LogP contribution in [0.25, 0.3) is 11.1 Å². The van der Waals surface area contributed by atoms with Gasteiger partial charge in [0.15, 0.2) is 0 Å². The highest BCUT2D eigenvalue weighted by Gasteiger charge is 2.47. The van der Waals surface area contributed by atoms with E-state index in [-0.39, 0.29) is 23.9 Å². The van der Waals surface area contributed by atoms with Gasteiger partial charge in [-0.15, -0.1) is 0 Å². The molecule has 1 fully saturated rings. The van der Waals surface area contributed by atoms with Crippen molar-refractivity contribution >= 4 is 11.9 Å². The maximum absolute atomic E-state index is 13.7. The van der Waals surface area contributed by atoms with Gasteiger partial charge in [-0.3, -0.25) is 9.59 Å². The summed E-state index contributed by atoms with van der Waals surface area (Å²) in [6.07, 6.45) is 2.27. The highest BCUT2D eigenvalue weighted by Crippen LogP contribution is 2.41. The largest absolute Gasteiger partial charge is 0.481 e. The highest BCUT2D eigenvalue weighted by molar-refractivity contribution is 5.78. The maximum atomic E-state index is 13.7. The normalized spacial score (nSPS) is 19.7. The predicted octanol–water partition coefficient (Wildman–Crippen LogP) is 8.40. The van der Waals surface area contributed by atoms with E-state index in [1.165, 1.54) is 25.0 Å². The third-order valence-electron chi connectivity index (χ3n) is 7.51. The number of benzene rings is 2. The van der Waals surface area contributed by atoms with E-state index < -0.39 is 24.0 Å². The molecular weight excluding hydrogens is 481 g/mol. The first-order chi connectivity index (χ1) is 17.6. The van der Waals surface area contributed by atoms with Crippen molar-refractivity contribution in [2.75, 3.05) is 0 Å². The Balaban J connectivity index is 1.66. The molecule has 2 aromatic rings. The number of unbranched alkanes of at least 4 members (excludes halogenated alkanes) is 1. The third-order valence-corrected chi connectivity index (χ3v) is 7.51. The topological polar surface area (TPSA) is 63.6 Å². The molecule has 7 heteroatoms. The first-order valence-electron chi connectivity index (χ1n) is 13.4. The number of halogens is 3. The molecule has 0 amide bonds. The summed E-state index contributed by atoms with van der Waals surface area (Å²) in [4.78, 5) is 24.4. The Labute approximate surface area is 217 Å². The Hall–Kier alpha value is -2.83. The maximum Gasteiger partial charge on any atom is 0.392 e. The fraction of sp³-hybridized carbons (Fsp3) is 0.533. The molecule has 2 atom stereocenters. The highest BCUT2D eigenvalue weighted by atomic mass is 19.4. The fourth-order valence-corrected chi connectivity index (χ4v) is 5.38. The lowest BCUT2D eigenvalue weighted by Gasteiger charge is -2.27. The molecule has 0 saturated heterocycles. The van der Waals surface area contributed by atoms with Gasteiger partial charge < -0.3 is 9.84 Å². The van der Waals surface area contributed by atoms with Gasteiger partial charge in [0.25, 0.3) is 0 Å². The molecule has 1 N–H and O–H groups in total. The van der Waals surface area contributed by atoms with Crippen molar-refractivity contribution in [1.29, 1.82) is 0 Å². The second kappa shape index (κ2) is 13.1. The lowest BCUT2D eigenvalue weighted by Crippen LogP contribution is -2.33.